The van der Waals surface area contributed by atoms with Crippen LogP contribution < -0.4 is 5.32 Å². The number of aromatic nitrogens is 2. The Morgan fingerprint density at radius 3 is 2.74 bits per heavy atom. The largest absolute Gasteiger partial charge is 0.480 e. The van der Waals surface area contributed by atoms with Gasteiger partial charge in [0.2, 0.25) is 0 Å². The average molecular weight is 356 g/mol. The topological polar surface area (TPSA) is 84.2 Å². The SMILES string of the molecule is CCCC(NC(=O)c1cnn(-c2ccc(Cl)cc2Cl)c1)C(=O)O. The second-order valence-corrected chi connectivity index (χ2v) is 5.77. The lowest BCUT2D eigenvalue weighted by molar-refractivity contribution is -0.139. The van der Waals surface area contributed by atoms with Crippen LogP contribution in [0.2, 0.25) is 10.0 Å². The van der Waals surface area contributed by atoms with Gasteiger partial charge in [0.15, 0.2) is 0 Å². The third-order valence-corrected chi connectivity index (χ3v) is 3.72. The Kier molecular flexibility index (Phi) is 5.63. The maximum Gasteiger partial charge on any atom is 0.326 e. The molecule has 2 N–H and O–H groups in total. The van der Waals surface area contributed by atoms with Gasteiger partial charge in [-0.3, -0.25) is 4.79 Å². The lowest BCUT2D eigenvalue weighted by atomic mass is 10.1. The Balaban J connectivity index is 2.18. The van der Waals surface area contributed by atoms with Gasteiger partial charge in [-0.1, -0.05) is 36.5 Å². The molecule has 1 unspecified atom stereocenters. The first kappa shape index (κ1) is 17.3. The van der Waals surface area contributed by atoms with E-state index in [1.165, 1.54) is 17.1 Å². The summed E-state index contributed by atoms with van der Waals surface area (Å²) in [5, 5.41) is 16.5. The Bertz CT molecular complexity index is 731. The molecule has 1 heterocycles. The second-order valence-electron chi connectivity index (χ2n) is 4.92. The number of nitrogens with zero attached hydrogens (tertiary/aromatic N) is 2. The van der Waals surface area contributed by atoms with Crippen LogP contribution in [0.3, 0.4) is 0 Å². The molecule has 1 aromatic carbocycles. The van der Waals surface area contributed by atoms with Gasteiger partial charge in [-0.2, -0.15) is 5.10 Å². The van der Waals surface area contributed by atoms with E-state index in [0.717, 1.165) is 0 Å². The molecule has 0 aliphatic rings. The van der Waals surface area contributed by atoms with Crippen molar-refractivity contribution in [2.75, 3.05) is 0 Å². The summed E-state index contributed by atoms with van der Waals surface area (Å²) in [5.41, 5.74) is 0.817. The van der Waals surface area contributed by atoms with E-state index in [4.69, 9.17) is 28.3 Å². The summed E-state index contributed by atoms with van der Waals surface area (Å²) in [5.74, 6) is -1.56. The summed E-state index contributed by atoms with van der Waals surface area (Å²) in [6, 6.07) is 3.99. The number of amides is 1. The molecule has 2 rings (SSSR count). The molecular weight excluding hydrogens is 341 g/mol. The molecule has 0 saturated heterocycles. The summed E-state index contributed by atoms with van der Waals surface area (Å²) < 4.78 is 1.43. The minimum Gasteiger partial charge on any atom is -0.480 e. The molecule has 1 amide bonds. The van der Waals surface area contributed by atoms with Crippen LogP contribution in [0.15, 0.2) is 30.6 Å². The van der Waals surface area contributed by atoms with Crippen molar-refractivity contribution in [2.45, 2.75) is 25.8 Å². The lowest BCUT2D eigenvalue weighted by Gasteiger charge is -2.12. The molecule has 0 fully saturated rings. The van der Waals surface area contributed by atoms with Gasteiger partial charge >= 0.3 is 5.97 Å². The van der Waals surface area contributed by atoms with Crippen molar-refractivity contribution < 1.29 is 14.7 Å². The van der Waals surface area contributed by atoms with Crippen LogP contribution in [0.1, 0.15) is 30.1 Å². The van der Waals surface area contributed by atoms with E-state index < -0.39 is 17.9 Å². The molecule has 0 aliphatic heterocycles. The molecule has 0 aliphatic carbocycles. The van der Waals surface area contributed by atoms with Gasteiger partial charge in [-0.25, -0.2) is 9.48 Å². The van der Waals surface area contributed by atoms with Crippen molar-refractivity contribution in [3.8, 4) is 5.69 Å². The maximum atomic E-state index is 12.1. The molecule has 122 valence electrons. The highest BCUT2D eigenvalue weighted by Gasteiger charge is 2.20. The van der Waals surface area contributed by atoms with Crippen LogP contribution >= 0.6 is 23.2 Å². The van der Waals surface area contributed by atoms with E-state index in [1.807, 2.05) is 6.92 Å². The normalized spacial score (nSPS) is 12.0. The fraction of sp³-hybridized carbons (Fsp3) is 0.267. The zero-order valence-electron chi connectivity index (χ0n) is 12.3. The number of hydrogen-bond acceptors (Lipinski definition) is 3. The standard InChI is InChI=1S/C15H15Cl2N3O3/c1-2-3-12(15(22)23)19-14(21)9-7-18-20(8-9)13-5-4-10(16)6-11(13)17/h4-8,12H,2-3H2,1H3,(H,19,21)(H,22,23). The summed E-state index contributed by atoms with van der Waals surface area (Å²) >= 11 is 11.9. The predicted molar refractivity (Wildman–Crippen MR) is 87.4 cm³/mol. The molecule has 0 radical (unpaired) electrons. The van der Waals surface area contributed by atoms with Crippen molar-refractivity contribution in [2.24, 2.45) is 0 Å². The number of halogens is 2. The molecule has 23 heavy (non-hydrogen) atoms. The van der Waals surface area contributed by atoms with Gasteiger partial charge in [-0.15, -0.1) is 0 Å². The van der Waals surface area contributed by atoms with Crippen LogP contribution in [-0.4, -0.2) is 32.8 Å². The number of benzene rings is 1. The lowest BCUT2D eigenvalue weighted by Crippen LogP contribution is -2.40. The van der Waals surface area contributed by atoms with Crippen molar-refractivity contribution in [1.82, 2.24) is 15.1 Å². The van der Waals surface area contributed by atoms with Crippen molar-refractivity contribution in [1.29, 1.82) is 0 Å². The van der Waals surface area contributed by atoms with E-state index >= 15 is 0 Å². The minimum atomic E-state index is -1.06. The molecule has 2 aromatic rings. The zero-order valence-corrected chi connectivity index (χ0v) is 13.8. The number of rotatable bonds is 6. The van der Waals surface area contributed by atoms with Crippen LogP contribution in [0.25, 0.3) is 5.69 Å². The minimum absolute atomic E-state index is 0.248. The predicted octanol–water partition coefficient (Wildman–Crippen LogP) is 3.16. The van der Waals surface area contributed by atoms with Crippen molar-refractivity contribution in [3.63, 3.8) is 0 Å². The van der Waals surface area contributed by atoms with Gasteiger partial charge in [0, 0.05) is 11.2 Å². The Labute approximate surface area is 143 Å². The zero-order chi connectivity index (χ0) is 17.0. The highest BCUT2D eigenvalue weighted by atomic mass is 35.5. The number of nitrogens with one attached hydrogen (secondary N) is 1. The molecule has 1 aromatic heterocycles. The maximum absolute atomic E-state index is 12.1. The summed E-state index contributed by atoms with van der Waals surface area (Å²) in [7, 11) is 0. The molecule has 0 spiro atoms. The number of carboxylic acid groups (broad SMARTS) is 1. The molecule has 0 bridgehead atoms. The molecular formula is C15H15Cl2N3O3. The number of hydrogen-bond donors (Lipinski definition) is 2. The van der Waals surface area contributed by atoms with E-state index in [2.05, 4.69) is 10.4 Å². The first-order valence-electron chi connectivity index (χ1n) is 6.96. The van der Waals surface area contributed by atoms with E-state index in [-0.39, 0.29) is 5.56 Å². The van der Waals surface area contributed by atoms with E-state index in [0.29, 0.717) is 28.6 Å². The Morgan fingerprint density at radius 2 is 2.13 bits per heavy atom. The van der Waals surface area contributed by atoms with Crippen LogP contribution in [0.5, 0.6) is 0 Å². The Morgan fingerprint density at radius 1 is 1.39 bits per heavy atom. The summed E-state index contributed by atoms with van der Waals surface area (Å²) in [6.45, 7) is 1.85. The quantitative estimate of drug-likeness (QED) is 0.833. The fourth-order valence-corrected chi connectivity index (χ4v) is 2.52. The number of carboxylic acids is 1. The van der Waals surface area contributed by atoms with Gasteiger partial charge < -0.3 is 10.4 Å². The highest BCUT2D eigenvalue weighted by Crippen LogP contribution is 2.24. The van der Waals surface area contributed by atoms with Crippen LogP contribution in [0, 0.1) is 0 Å². The summed E-state index contributed by atoms with van der Waals surface area (Å²) in [4.78, 5) is 23.2. The number of aliphatic carboxylic acids is 1. The highest BCUT2D eigenvalue weighted by molar-refractivity contribution is 6.35. The number of carbonyl (C=O) groups excluding carboxylic acids is 1. The first-order chi connectivity index (χ1) is 10.9. The third kappa shape index (κ3) is 4.24. The van der Waals surface area contributed by atoms with Gasteiger partial charge in [0.25, 0.3) is 5.91 Å². The van der Waals surface area contributed by atoms with E-state index in [9.17, 15) is 9.59 Å². The van der Waals surface area contributed by atoms with Gasteiger partial charge in [0.1, 0.15) is 6.04 Å². The van der Waals surface area contributed by atoms with Crippen molar-refractivity contribution >= 4 is 35.1 Å². The second kappa shape index (κ2) is 7.48. The molecule has 0 saturated carbocycles. The smallest absolute Gasteiger partial charge is 0.326 e. The molecule has 8 heteroatoms. The first-order valence-corrected chi connectivity index (χ1v) is 7.71. The third-order valence-electron chi connectivity index (χ3n) is 3.18. The van der Waals surface area contributed by atoms with Gasteiger partial charge in [0.05, 0.1) is 22.5 Å². The fourth-order valence-electron chi connectivity index (χ4n) is 2.03. The molecule has 1 atom stereocenters. The van der Waals surface area contributed by atoms with Crippen molar-refractivity contribution in [3.05, 3.63) is 46.2 Å². The monoisotopic (exact) mass is 355 g/mol. The summed E-state index contributed by atoms with van der Waals surface area (Å²) in [6.07, 6.45) is 3.84. The number of carbonyl (C=O) groups is 2. The molecule has 6 nitrogen and oxygen atoms in total. The van der Waals surface area contributed by atoms with E-state index in [1.54, 1.807) is 18.2 Å². The van der Waals surface area contributed by atoms with Crippen LogP contribution in [0.4, 0.5) is 0 Å². The van der Waals surface area contributed by atoms with Gasteiger partial charge in [-0.05, 0) is 24.6 Å². The average Bonchev–Trinajstić information content (AvgIpc) is 2.96. The van der Waals surface area contributed by atoms with Crippen LogP contribution in [-0.2, 0) is 4.79 Å². The Hall–Kier alpha value is -2.05.